The van der Waals surface area contributed by atoms with E-state index >= 15 is 0 Å². The average molecular weight is 256 g/mol. The van der Waals surface area contributed by atoms with Gasteiger partial charge < -0.3 is 4.74 Å². The first-order valence-corrected chi connectivity index (χ1v) is 6.15. The Morgan fingerprint density at radius 2 is 1.89 bits per heavy atom. The van der Waals surface area contributed by atoms with Gasteiger partial charge in [0.15, 0.2) is 6.29 Å². The van der Waals surface area contributed by atoms with Crippen molar-refractivity contribution in [1.82, 2.24) is 9.97 Å². The summed E-state index contributed by atoms with van der Waals surface area (Å²) in [6.07, 6.45) is 4.34. The van der Waals surface area contributed by atoms with Gasteiger partial charge in [0.1, 0.15) is 11.6 Å². The standard InChI is InChI=1S/C15H16N2O2/c1-10(2)19-14-5-4-12(9-18)15(6-14)13-7-16-11(3)17-8-13/h4-10H,1-3H3. The van der Waals surface area contributed by atoms with E-state index in [9.17, 15) is 4.79 Å². The van der Waals surface area contributed by atoms with E-state index < -0.39 is 0 Å². The minimum atomic E-state index is 0.0872. The highest BCUT2D eigenvalue weighted by Crippen LogP contribution is 2.27. The van der Waals surface area contributed by atoms with E-state index in [2.05, 4.69) is 9.97 Å². The third-order valence-corrected chi connectivity index (χ3v) is 2.62. The molecule has 2 rings (SSSR count). The highest BCUT2D eigenvalue weighted by atomic mass is 16.5. The molecule has 0 spiro atoms. The van der Waals surface area contributed by atoms with Gasteiger partial charge >= 0.3 is 0 Å². The quantitative estimate of drug-likeness (QED) is 0.789. The molecule has 1 heterocycles. The highest BCUT2D eigenvalue weighted by molar-refractivity contribution is 5.87. The minimum absolute atomic E-state index is 0.0872. The summed E-state index contributed by atoms with van der Waals surface area (Å²) < 4.78 is 5.64. The lowest BCUT2D eigenvalue weighted by molar-refractivity contribution is 0.112. The van der Waals surface area contributed by atoms with Crippen LogP contribution in [0.2, 0.25) is 0 Å². The fraction of sp³-hybridized carbons (Fsp3) is 0.267. The molecule has 1 aromatic heterocycles. The van der Waals surface area contributed by atoms with E-state index in [1.54, 1.807) is 24.5 Å². The molecule has 2 aromatic rings. The Morgan fingerprint density at radius 3 is 2.47 bits per heavy atom. The fourth-order valence-corrected chi connectivity index (χ4v) is 1.77. The third kappa shape index (κ3) is 3.16. The topological polar surface area (TPSA) is 52.1 Å². The summed E-state index contributed by atoms with van der Waals surface area (Å²) in [6.45, 7) is 5.74. The van der Waals surface area contributed by atoms with Crippen LogP contribution in [-0.4, -0.2) is 22.4 Å². The SMILES string of the molecule is Cc1ncc(-c2cc(OC(C)C)ccc2C=O)cn1. The smallest absolute Gasteiger partial charge is 0.150 e. The first kappa shape index (κ1) is 13.2. The lowest BCUT2D eigenvalue weighted by Crippen LogP contribution is -2.05. The number of aryl methyl sites for hydroxylation is 1. The molecular weight excluding hydrogens is 240 g/mol. The zero-order chi connectivity index (χ0) is 13.8. The predicted octanol–water partition coefficient (Wildman–Crippen LogP) is 3.05. The van der Waals surface area contributed by atoms with Gasteiger partial charge in [-0.2, -0.15) is 0 Å². The zero-order valence-corrected chi connectivity index (χ0v) is 11.3. The molecule has 19 heavy (non-hydrogen) atoms. The van der Waals surface area contributed by atoms with Crippen molar-refractivity contribution in [3.8, 4) is 16.9 Å². The Balaban J connectivity index is 2.46. The number of rotatable bonds is 4. The van der Waals surface area contributed by atoms with Crippen LogP contribution in [0.5, 0.6) is 5.75 Å². The van der Waals surface area contributed by atoms with Crippen LogP contribution in [0.1, 0.15) is 30.0 Å². The van der Waals surface area contributed by atoms with E-state index in [0.29, 0.717) is 11.4 Å². The van der Waals surface area contributed by atoms with Gasteiger partial charge in [-0.25, -0.2) is 9.97 Å². The predicted molar refractivity (Wildman–Crippen MR) is 73.4 cm³/mol. The highest BCUT2D eigenvalue weighted by Gasteiger charge is 2.08. The summed E-state index contributed by atoms with van der Waals surface area (Å²) in [4.78, 5) is 19.4. The second kappa shape index (κ2) is 5.61. The second-order valence-electron chi connectivity index (χ2n) is 4.55. The van der Waals surface area contributed by atoms with Crippen LogP contribution in [0.25, 0.3) is 11.1 Å². The number of nitrogens with zero attached hydrogens (tertiary/aromatic N) is 2. The maximum Gasteiger partial charge on any atom is 0.150 e. The Labute approximate surface area is 112 Å². The summed E-state index contributed by atoms with van der Waals surface area (Å²) >= 11 is 0. The monoisotopic (exact) mass is 256 g/mol. The maximum absolute atomic E-state index is 11.1. The zero-order valence-electron chi connectivity index (χ0n) is 11.3. The normalized spacial score (nSPS) is 10.5. The number of hydrogen-bond donors (Lipinski definition) is 0. The summed E-state index contributed by atoms with van der Waals surface area (Å²) in [5.74, 6) is 1.43. The van der Waals surface area contributed by atoms with Crippen molar-refractivity contribution in [3.63, 3.8) is 0 Å². The summed E-state index contributed by atoms with van der Waals surface area (Å²) in [7, 11) is 0. The van der Waals surface area contributed by atoms with E-state index in [4.69, 9.17) is 4.74 Å². The van der Waals surface area contributed by atoms with Crippen LogP contribution in [-0.2, 0) is 0 Å². The van der Waals surface area contributed by atoms with Crippen molar-refractivity contribution in [1.29, 1.82) is 0 Å². The molecule has 0 amide bonds. The van der Waals surface area contributed by atoms with Crippen molar-refractivity contribution >= 4 is 6.29 Å². The van der Waals surface area contributed by atoms with Gasteiger partial charge in [0.25, 0.3) is 0 Å². The number of ether oxygens (including phenoxy) is 1. The van der Waals surface area contributed by atoms with Gasteiger partial charge in [-0.1, -0.05) is 0 Å². The lowest BCUT2D eigenvalue weighted by Gasteiger charge is -2.12. The van der Waals surface area contributed by atoms with Crippen molar-refractivity contribution in [2.45, 2.75) is 26.9 Å². The molecule has 1 aromatic carbocycles. The van der Waals surface area contributed by atoms with E-state index in [1.165, 1.54) is 0 Å². The van der Waals surface area contributed by atoms with Gasteiger partial charge in [-0.15, -0.1) is 0 Å². The summed E-state index contributed by atoms with van der Waals surface area (Å²) in [5, 5.41) is 0. The fourth-order valence-electron chi connectivity index (χ4n) is 1.77. The van der Waals surface area contributed by atoms with E-state index in [0.717, 1.165) is 23.2 Å². The molecule has 0 unspecified atom stereocenters. The first-order valence-electron chi connectivity index (χ1n) is 6.15. The van der Waals surface area contributed by atoms with E-state index in [-0.39, 0.29) is 6.10 Å². The van der Waals surface area contributed by atoms with Gasteiger partial charge in [0, 0.05) is 23.5 Å². The van der Waals surface area contributed by atoms with Gasteiger partial charge in [-0.3, -0.25) is 4.79 Å². The molecule has 0 radical (unpaired) electrons. The molecular formula is C15H16N2O2. The van der Waals surface area contributed by atoms with Crippen LogP contribution >= 0.6 is 0 Å². The van der Waals surface area contributed by atoms with Gasteiger partial charge in [0.2, 0.25) is 0 Å². The maximum atomic E-state index is 11.1. The Morgan fingerprint density at radius 1 is 1.21 bits per heavy atom. The van der Waals surface area contributed by atoms with Crippen LogP contribution in [0.4, 0.5) is 0 Å². The molecule has 0 aliphatic carbocycles. The van der Waals surface area contributed by atoms with Gasteiger partial charge in [-0.05, 0) is 44.5 Å². The Hall–Kier alpha value is -2.23. The molecule has 4 heteroatoms. The number of carbonyl (C=O) groups excluding carboxylic acids is 1. The van der Waals surface area contributed by atoms with Crippen LogP contribution in [0, 0.1) is 6.92 Å². The third-order valence-electron chi connectivity index (χ3n) is 2.62. The van der Waals surface area contributed by atoms with Gasteiger partial charge in [0.05, 0.1) is 6.10 Å². The van der Waals surface area contributed by atoms with Crippen LogP contribution in [0.3, 0.4) is 0 Å². The van der Waals surface area contributed by atoms with Crippen molar-refractivity contribution in [2.75, 3.05) is 0 Å². The Kier molecular flexibility index (Phi) is 3.90. The molecule has 0 atom stereocenters. The summed E-state index contributed by atoms with van der Waals surface area (Å²) in [6, 6.07) is 5.39. The number of carbonyl (C=O) groups is 1. The van der Waals surface area contributed by atoms with Crippen LogP contribution < -0.4 is 4.74 Å². The van der Waals surface area contributed by atoms with Crippen LogP contribution in [0.15, 0.2) is 30.6 Å². The molecule has 0 N–H and O–H groups in total. The number of aldehydes is 1. The number of hydrogen-bond acceptors (Lipinski definition) is 4. The molecule has 0 saturated heterocycles. The number of benzene rings is 1. The second-order valence-corrected chi connectivity index (χ2v) is 4.55. The molecule has 0 bridgehead atoms. The first-order chi connectivity index (χ1) is 9.10. The average Bonchev–Trinajstić information content (AvgIpc) is 2.39. The largest absolute Gasteiger partial charge is 0.491 e. The lowest BCUT2D eigenvalue weighted by atomic mass is 10.0. The number of aromatic nitrogens is 2. The molecule has 0 aliphatic heterocycles. The molecule has 0 saturated carbocycles. The van der Waals surface area contributed by atoms with Crippen molar-refractivity contribution in [2.24, 2.45) is 0 Å². The Bertz CT molecular complexity index is 577. The summed E-state index contributed by atoms with van der Waals surface area (Å²) in [5.41, 5.74) is 2.19. The molecule has 0 fully saturated rings. The molecule has 4 nitrogen and oxygen atoms in total. The molecule has 0 aliphatic rings. The van der Waals surface area contributed by atoms with E-state index in [1.807, 2.05) is 26.8 Å². The minimum Gasteiger partial charge on any atom is -0.491 e. The molecule has 98 valence electrons. The van der Waals surface area contributed by atoms with Crippen molar-refractivity contribution in [3.05, 3.63) is 42.0 Å². The van der Waals surface area contributed by atoms with Crippen molar-refractivity contribution < 1.29 is 9.53 Å².